The topological polar surface area (TPSA) is 92.3 Å². The Hall–Kier alpha value is -4.40. The van der Waals surface area contributed by atoms with Gasteiger partial charge < -0.3 is 5.32 Å². The van der Waals surface area contributed by atoms with E-state index in [0.29, 0.717) is 35.4 Å². The molecule has 0 spiro atoms. The lowest BCUT2D eigenvalue weighted by Gasteiger charge is -2.25. The molecule has 1 aliphatic rings. The normalized spacial score (nSPS) is 14.2. The smallest absolute Gasteiger partial charge is 0.255 e. The molecular weight excluding hydrogens is 520 g/mol. The Morgan fingerprint density at radius 3 is 1.85 bits per heavy atom. The maximum atomic E-state index is 13.1. The second kappa shape index (κ2) is 11.0. The highest BCUT2D eigenvalue weighted by Crippen LogP contribution is 2.31. The van der Waals surface area contributed by atoms with E-state index in [9.17, 15) is 13.2 Å². The molecule has 1 N–H and O–H groups in total. The number of carbonyl (C=O) groups excluding carboxylic acids is 1. The number of nitrogens with one attached hydrogen (secondary N) is 1. The summed E-state index contributed by atoms with van der Waals surface area (Å²) in [7, 11) is -3.53. The number of fused-ring (bicyclic) bond motifs is 1. The Kier molecular flexibility index (Phi) is 7.11. The van der Waals surface area contributed by atoms with Crippen LogP contribution < -0.4 is 5.32 Å². The van der Waals surface area contributed by atoms with Gasteiger partial charge in [-0.1, -0.05) is 67.1 Å². The van der Waals surface area contributed by atoms with Crippen LogP contribution in [0.3, 0.4) is 0 Å². The van der Waals surface area contributed by atoms with Crippen LogP contribution in [0.4, 0.5) is 5.69 Å². The van der Waals surface area contributed by atoms with Crippen LogP contribution in [0.15, 0.2) is 108 Å². The third kappa shape index (κ3) is 5.23. The average Bonchev–Trinajstić information content (AvgIpc) is 3.01. The predicted molar refractivity (Wildman–Crippen MR) is 157 cm³/mol. The van der Waals surface area contributed by atoms with Crippen LogP contribution in [-0.4, -0.2) is 41.7 Å². The summed E-state index contributed by atoms with van der Waals surface area (Å²) < 4.78 is 27.4. The lowest BCUT2D eigenvalue weighted by atomic mass is 10.0. The summed E-state index contributed by atoms with van der Waals surface area (Å²) in [4.78, 5) is 23.2. The van der Waals surface area contributed by atoms with Crippen LogP contribution >= 0.6 is 0 Å². The highest BCUT2D eigenvalue weighted by atomic mass is 32.2. The summed E-state index contributed by atoms with van der Waals surface area (Å²) in [5.41, 5.74) is 5.64. The summed E-state index contributed by atoms with van der Waals surface area (Å²) in [6.45, 7) is 1.09. The van der Waals surface area contributed by atoms with Crippen molar-refractivity contribution in [2.75, 3.05) is 18.4 Å². The van der Waals surface area contributed by atoms with Gasteiger partial charge in [-0.15, -0.1) is 0 Å². The van der Waals surface area contributed by atoms with E-state index in [1.54, 1.807) is 42.5 Å². The Morgan fingerprint density at radius 1 is 0.675 bits per heavy atom. The number of hydrogen-bond acceptors (Lipinski definition) is 5. The molecule has 0 unspecified atom stereocenters. The van der Waals surface area contributed by atoms with Crippen molar-refractivity contribution in [2.24, 2.45) is 0 Å². The van der Waals surface area contributed by atoms with Crippen molar-refractivity contribution in [1.82, 2.24) is 14.3 Å². The van der Waals surface area contributed by atoms with E-state index in [2.05, 4.69) is 5.32 Å². The van der Waals surface area contributed by atoms with E-state index < -0.39 is 10.0 Å². The number of piperidine rings is 1. The second-order valence-corrected chi connectivity index (χ2v) is 11.7. The molecule has 200 valence electrons. The summed E-state index contributed by atoms with van der Waals surface area (Å²) in [5, 5.41) is 2.87. The monoisotopic (exact) mass is 548 g/mol. The molecule has 0 atom stereocenters. The number of sulfonamides is 1. The number of benzene rings is 4. The van der Waals surface area contributed by atoms with Gasteiger partial charge in [0.25, 0.3) is 5.91 Å². The Morgan fingerprint density at radius 2 is 1.25 bits per heavy atom. The van der Waals surface area contributed by atoms with Crippen molar-refractivity contribution in [1.29, 1.82) is 0 Å². The second-order valence-electron chi connectivity index (χ2n) is 9.80. The van der Waals surface area contributed by atoms with Crippen LogP contribution in [0, 0.1) is 0 Å². The lowest BCUT2D eigenvalue weighted by molar-refractivity contribution is 0.102. The number of anilines is 1. The molecule has 5 aromatic rings. The van der Waals surface area contributed by atoms with Gasteiger partial charge in [-0.25, -0.2) is 18.4 Å². The van der Waals surface area contributed by atoms with Gasteiger partial charge in [-0.2, -0.15) is 4.31 Å². The van der Waals surface area contributed by atoms with E-state index in [1.165, 1.54) is 4.31 Å². The molecule has 0 aliphatic carbocycles. The molecule has 1 aliphatic heterocycles. The van der Waals surface area contributed by atoms with Crippen LogP contribution in [-0.2, 0) is 10.0 Å². The van der Waals surface area contributed by atoms with Crippen molar-refractivity contribution in [2.45, 2.75) is 24.2 Å². The molecule has 0 radical (unpaired) electrons. The first-order chi connectivity index (χ1) is 19.5. The Bertz CT molecular complexity index is 1770. The zero-order valence-corrected chi connectivity index (χ0v) is 22.6. The van der Waals surface area contributed by atoms with Gasteiger partial charge in [0.05, 0.1) is 27.3 Å². The molecule has 1 saturated heterocycles. The van der Waals surface area contributed by atoms with E-state index >= 15 is 0 Å². The quantitative estimate of drug-likeness (QED) is 0.265. The minimum absolute atomic E-state index is 0.232. The lowest BCUT2D eigenvalue weighted by Crippen LogP contribution is -2.35. The van der Waals surface area contributed by atoms with Gasteiger partial charge in [-0.05, 0) is 55.3 Å². The van der Waals surface area contributed by atoms with E-state index in [0.717, 1.165) is 41.8 Å². The summed E-state index contributed by atoms with van der Waals surface area (Å²) >= 11 is 0. The zero-order valence-electron chi connectivity index (χ0n) is 21.8. The van der Waals surface area contributed by atoms with Crippen LogP contribution in [0.2, 0.25) is 0 Å². The van der Waals surface area contributed by atoms with Crippen molar-refractivity contribution >= 4 is 32.7 Å². The number of hydrogen-bond donors (Lipinski definition) is 1. The minimum atomic E-state index is -3.53. The molecule has 2 heterocycles. The average molecular weight is 549 g/mol. The van der Waals surface area contributed by atoms with E-state index in [4.69, 9.17) is 9.97 Å². The van der Waals surface area contributed by atoms with E-state index in [1.807, 2.05) is 60.7 Å². The number of nitrogens with zero attached hydrogens (tertiary/aromatic N) is 3. The summed E-state index contributed by atoms with van der Waals surface area (Å²) in [5.74, 6) is -0.316. The fourth-order valence-corrected chi connectivity index (χ4v) is 6.48. The predicted octanol–water partition coefficient (Wildman–Crippen LogP) is 6.39. The number of amides is 1. The van der Waals surface area contributed by atoms with E-state index in [-0.39, 0.29) is 10.8 Å². The van der Waals surface area contributed by atoms with Crippen molar-refractivity contribution in [3.63, 3.8) is 0 Å². The molecule has 0 saturated carbocycles. The highest BCUT2D eigenvalue weighted by molar-refractivity contribution is 7.89. The molecule has 1 fully saturated rings. The number of carbonyl (C=O) groups is 1. The fourth-order valence-electron chi connectivity index (χ4n) is 4.96. The first kappa shape index (κ1) is 25.9. The molecule has 40 heavy (non-hydrogen) atoms. The largest absolute Gasteiger partial charge is 0.322 e. The molecule has 0 bridgehead atoms. The van der Waals surface area contributed by atoms with Crippen molar-refractivity contribution < 1.29 is 13.2 Å². The molecule has 1 amide bonds. The van der Waals surface area contributed by atoms with Gasteiger partial charge in [0, 0.05) is 35.5 Å². The minimum Gasteiger partial charge on any atom is -0.322 e. The third-order valence-electron chi connectivity index (χ3n) is 7.09. The maximum Gasteiger partial charge on any atom is 0.255 e. The number of rotatable bonds is 6. The molecule has 7 nitrogen and oxygen atoms in total. The van der Waals surface area contributed by atoms with Gasteiger partial charge in [0.1, 0.15) is 0 Å². The highest BCUT2D eigenvalue weighted by Gasteiger charge is 2.25. The summed E-state index contributed by atoms with van der Waals surface area (Å²) in [6, 6.07) is 31.4. The van der Waals surface area contributed by atoms with Crippen LogP contribution in [0.5, 0.6) is 0 Å². The SMILES string of the molecule is O=C(Nc1ccc(S(=O)(=O)N2CCCCC2)cc1)c1ccc2nc(-c3ccccc3)c(-c3ccccc3)nc2c1. The summed E-state index contributed by atoms with van der Waals surface area (Å²) in [6.07, 6.45) is 2.81. The molecule has 4 aromatic carbocycles. The molecule has 8 heteroatoms. The van der Waals surface area contributed by atoms with Gasteiger partial charge in [0.15, 0.2) is 0 Å². The standard InChI is InChI=1S/C32H28N4O3S/c37-32(33-26-15-17-27(18-16-26)40(38,39)36-20-8-3-9-21-36)25-14-19-28-29(22-25)35-31(24-12-6-2-7-13-24)30(34-28)23-10-4-1-5-11-23/h1-2,4-7,10-19,22H,3,8-9,20-21H2,(H,33,37). The maximum absolute atomic E-state index is 13.1. The third-order valence-corrected chi connectivity index (χ3v) is 9.00. The fraction of sp³-hybridized carbons (Fsp3) is 0.156. The van der Waals surface area contributed by atoms with Crippen LogP contribution in [0.1, 0.15) is 29.6 Å². The van der Waals surface area contributed by atoms with Gasteiger partial charge in [0.2, 0.25) is 10.0 Å². The Labute approximate surface area is 233 Å². The Balaban J connectivity index is 1.28. The first-order valence-corrected chi connectivity index (χ1v) is 14.8. The number of aromatic nitrogens is 2. The molecule has 6 rings (SSSR count). The molecular formula is C32H28N4O3S. The van der Waals surface area contributed by atoms with Crippen LogP contribution in [0.25, 0.3) is 33.5 Å². The van der Waals surface area contributed by atoms with Gasteiger partial charge >= 0.3 is 0 Å². The zero-order chi connectivity index (χ0) is 27.5. The molecule has 1 aromatic heterocycles. The van der Waals surface area contributed by atoms with Crippen molar-refractivity contribution in [3.8, 4) is 22.5 Å². The van der Waals surface area contributed by atoms with Gasteiger partial charge in [-0.3, -0.25) is 4.79 Å². The van der Waals surface area contributed by atoms with Crippen molar-refractivity contribution in [3.05, 3.63) is 109 Å². The first-order valence-electron chi connectivity index (χ1n) is 13.3.